The number of aliphatic hydroxyl groups is 1. The third-order valence-corrected chi connectivity index (χ3v) is 4.56. The smallest absolute Gasteiger partial charge is 0.155 e. The molecule has 0 atom stereocenters. The minimum Gasteiger partial charge on any atom is -0.516 e. The van der Waals surface area contributed by atoms with Crippen LogP contribution in [0.2, 0.25) is 0 Å². The average Bonchev–Trinajstić information content (AvgIpc) is 2.71. The molecule has 2 aromatic carbocycles. The van der Waals surface area contributed by atoms with Crippen molar-refractivity contribution in [2.75, 3.05) is 14.2 Å². The van der Waals surface area contributed by atoms with E-state index in [0.717, 1.165) is 39.2 Å². The molecule has 0 bridgehead atoms. The quantitative estimate of drug-likeness (QED) is 0.212. The van der Waals surface area contributed by atoms with E-state index in [1.807, 2.05) is 31.2 Å². The maximum atomic E-state index is 10.0. The number of nitrogens with zero attached hydrogens (tertiary/aromatic N) is 1. The van der Waals surface area contributed by atoms with Gasteiger partial charge in [0, 0.05) is 38.0 Å². The molecule has 0 spiro atoms. The Labute approximate surface area is 203 Å². The first-order valence-corrected chi connectivity index (χ1v) is 10.1. The van der Waals surface area contributed by atoms with E-state index < -0.39 is 0 Å². The summed E-state index contributed by atoms with van der Waals surface area (Å²) in [5.41, 5.74) is 5.07. The molecule has 1 radical (unpaired) electrons. The Morgan fingerprint density at radius 2 is 1.72 bits per heavy atom. The van der Waals surface area contributed by atoms with Crippen molar-refractivity contribution in [2.24, 2.45) is 0 Å². The number of fused-ring (bicyclic) bond motifs is 1. The van der Waals surface area contributed by atoms with Gasteiger partial charge in [-0.3, -0.25) is 9.78 Å². The minimum absolute atomic E-state index is 0. The Bertz CT molecular complexity index is 1100. The SMILES string of the molecule is CC(=O)/C=C(/C)O.COc1cc(C)[c-]c(-c2nc3cc(OC)ccc3cc2C(C)C)c1.[Ir]. The molecule has 32 heavy (non-hydrogen) atoms. The summed E-state index contributed by atoms with van der Waals surface area (Å²) in [6.07, 6.45) is 1.17. The molecular weight excluding hydrogens is 583 g/mol. The fourth-order valence-corrected chi connectivity index (χ4v) is 3.17. The van der Waals surface area contributed by atoms with Crippen LogP contribution in [0.15, 0.2) is 48.2 Å². The van der Waals surface area contributed by atoms with Crippen LogP contribution in [0.1, 0.15) is 44.7 Å². The predicted molar refractivity (Wildman–Crippen MR) is 125 cm³/mol. The van der Waals surface area contributed by atoms with Crippen molar-refractivity contribution in [1.29, 1.82) is 0 Å². The Morgan fingerprint density at radius 1 is 1.06 bits per heavy atom. The van der Waals surface area contributed by atoms with Gasteiger partial charge < -0.3 is 14.6 Å². The number of carbonyl (C=O) groups excluding carboxylic acids is 1. The number of aromatic nitrogens is 1. The van der Waals surface area contributed by atoms with Crippen molar-refractivity contribution in [3.63, 3.8) is 0 Å². The molecule has 0 aliphatic carbocycles. The first kappa shape index (κ1) is 27.3. The molecule has 0 saturated heterocycles. The maximum absolute atomic E-state index is 10.0. The van der Waals surface area contributed by atoms with Crippen LogP contribution < -0.4 is 9.47 Å². The van der Waals surface area contributed by atoms with Gasteiger partial charge in [0.05, 0.1) is 25.5 Å². The van der Waals surface area contributed by atoms with E-state index in [0.29, 0.717) is 5.92 Å². The van der Waals surface area contributed by atoms with Crippen molar-refractivity contribution in [1.82, 2.24) is 4.98 Å². The largest absolute Gasteiger partial charge is 0.516 e. The van der Waals surface area contributed by atoms with Crippen molar-refractivity contribution in [3.05, 3.63) is 65.4 Å². The molecule has 5 nitrogen and oxygen atoms in total. The van der Waals surface area contributed by atoms with Crippen molar-refractivity contribution in [2.45, 2.75) is 40.5 Å². The van der Waals surface area contributed by atoms with E-state index in [9.17, 15) is 4.79 Å². The Balaban J connectivity index is 0.000000558. The number of rotatable bonds is 5. The van der Waals surface area contributed by atoms with E-state index in [1.165, 1.54) is 25.5 Å². The summed E-state index contributed by atoms with van der Waals surface area (Å²) < 4.78 is 10.7. The molecule has 0 amide bonds. The number of hydrogen-bond donors (Lipinski definition) is 1. The fourth-order valence-electron chi connectivity index (χ4n) is 3.17. The van der Waals surface area contributed by atoms with Crippen molar-refractivity contribution >= 4 is 16.7 Å². The van der Waals surface area contributed by atoms with Gasteiger partial charge in [0.1, 0.15) is 5.75 Å². The summed E-state index contributed by atoms with van der Waals surface area (Å²) in [4.78, 5) is 14.9. The van der Waals surface area contributed by atoms with Gasteiger partial charge in [-0.2, -0.15) is 0 Å². The number of carbonyl (C=O) groups is 1. The summed E-state index contributed by atoms with van der Waals surface area (Å²) in [5.74, 6) is 1.93. The van der Waals surface area contributed by atoms with Crippen LogP contribution in [0.4, 0.5) is 0 Å². The minimum atomic E-state index is -0.125. The van der Waals surface area contributed by atoms with E-state index >= 15 is 0 Å². The normalized spacial score (nSPS) is 10.8. The molecule has 0 unspecified atom stereocenters. The van der Waals surface area contributed by atoms with E-state index in [-0.39, 0.29) is 31.6 Å². The first-order valence-electron chi connectivity index (χ1n) is 10.1. The molecule has 3 aromatic rings. The zero-order chi connectivity index (χ0) is 23.1. The summed E-state index contributed by atoms with van der Waals surface area (Å²) in [7, 11) is 3.35. The number of aliphatic hydroxyl groups excluding tert-OH is 1. The molecule has 173 valence electrons. The summed E-state index contributed by atoms with van der Waals surface area (Å²) in [5, 5.41) is 9.48. The number of ether oxygens (including phenoxy) is 2. The van der Waals surface area contributed by atoms with E-state index in [1.54, 1.807) is 14.2 Å². The molecule has 3 rings (SSSR count). The molecule has 1 heterocycles. The molecule has 0 saturated carbocycles. The van der Waals surface area contributed by atoms with Crippen LogP contribution >= 0.6 is 0 Å². The van der Waals surface area contributed by atoms with Gasteiger partial charge in [-0.1, -0.05) is 38.5 Å². The molecular formula is C26H30IrNO4-. The fraction of sp³-hybridized carbons (Fsp3) is 0.308. The zero-order valence-corrected chi connectivity index (χ0v) is 22.0. The third-order valence-electron chi connectivity index (χ3n) is 4.56. The van der Waals surface area contributed by atoms with Crippen LogP contribution in [-0.2, 0) is 24.9 Å². The van der Waals surface area contributed by atoms with Crippen molar-refractivity contribution < 1.29 is 39.5 Å². The van der Waals surface area contributed by atoms with Crippen LogP contribution in [0.3, 0.4) is 0 Å². The Kier molecular flexibility index (Phi) is 10.6. The topological polar surface area (TPSA) is 68.7 Å². The number of methoxy groups -OCH3 is 2. The monoisotopic (exact) mass is 613 g/mol. The number of aryl methyl sites for hydroxylation is 1. The van der Waals surface area contributed by atoms with Gasteiger partial charge in [0.15, 0.2) is 5.78 Å². The zero-order valence-electron chi connectivity index (χ0n) is 19.6. The number of pyridine rings is 1. The van der Waals surface area contributed by atoms with Gasteiger partial charge in [0.25, 0.3) is 0 Å². The first-order chi connectivity index (χ1) is 14.6. The summed E-state index contributed by atoms with van der Waals surface area (Å²) >= 11 is 0. The average molecular weight is 613 g/mol. The van der Waals surface area contributed by atoms with Crippen LogP contribution in [0.25, 0.3) is 22.2 Å². The molecule has 0 aliphatic heterocycles. The second kappa shape index (κ2) is 12.4. The molecule has 1 aromatic heterocycles. The van der Waals surface area contributed by atoms with Gasteiger partial charge >= 0.3 is 0 Å². The van der Waals surface area contributed by atoms with E-state index in [4.69, 9.17) is 19.6 Å². The second-order valence-electron chi connectivity index (χ2n) is 7.65. The van der Waals surface area contributed by atoms with Crippen LogP contribution in [0, 0.1) is 13.0 Å². The van der Waals surface area contributed by atoms with E-state index in [2.05, 4.69) is 32.0 Å². The molecule has 6 heteroatoms. The third kappa shape index (κ3) is 7.47. The van der Waals surface area contributed by atoms with Crippen LogP contribution in [0.5, 0.6) is 11.5 Å². The molecule has 0 fully saturated rings. The van der Waals surface area contributed by atoms with Gasteiger partial charge in [0.2, 0.25) is 0 Å². The molecule has 1 N–H and O–H groups in total. The van der Waals surface area contributed by atoms with Crippen LogP contribution in [-0.4, -0.2) is 30.1 Å². The number of ketones is 1. The molecule has 0 aliphatic rings. The number of allylic oxidation sites excluding steroid dienone is 2. The number of benzene rings is 2. The Morgan fingerprint density at radius 3 is 2.22 bits per heavy atom. The standard InChI is InChI=1S/C21H22NO2.C5H8O2.Ir/c1-13(2)19-11-15-6-7-17(23-4)12-20(15)22-21(19)16-8-14(3)9-18(10-16)24-5;1-4(6)3-5(2)7;/h6-7,9-13H,1-5H3;3,6H,1-2H3;/q-1;;/b;4-3-;. The van der Waals surface area contributed by atoms with Gasteiger partial charge in [-0.05, 0) is 43.0 Å². The second-order valence-corrected chi connectivity index (χ2v) is 7.65. The summed E-state index contributed by atoms with van der Waals surface area (Å²) in [6, 6.07) is 15.6. The summed E-state index contributed by atoms with van der Waals surface area (Å²) in [6.45, 7) is 9.23. The van der Waals surface area contributed by atoms with Crippen molar-refractivity contribution in [3.8, 4) is 22.8 Å². The van der Waals surface area contributed by atoms with Gasteiger partial charge in [-0.15, -0.1) is 23.3 Å². The maximum Gasteiger partial charge on any atom is 0.155 e. The number of hydrogen-bond acceptors (Lipinski definition) is 5. The Hall–Kier alpha value is -2.69. The predicted octanol–water partition coefficient (Wildman–Crippen LogP) is 6.19. The van der Waals surface area contributed by atoms with Gasteiger partial charge in [-0.25, -0.2) is 0 Å².